The summed E-state index contributed by atoms with van der Waals surface area (Å²) in [6, 6.07) is 10.9. The van der Waals surface area contributed by atoms with Crippen LogP contribution in [0.1, 0.15) is 50.3 Å². The molecule has 0 aromatic carbocycles. The Kier molecular flexibility index (Phi) is 7.22. The molecule has 42 heavy (non-hydrogen) atoms. The van der Waals surface area contributed by atoms with Crippen LogP contribution in [0, 0.1) is 40.8 Å². The second kappa shape index (κ2) is 11.1. The lowest BCUT2D eigenvalue weighted by Crippen LogP contribution is -2.39. The van der Waals surface area contributed by atoms with Crippen LogP contribution in [0.3, 0.4) is 0 Å². The van der Waals surface area contributed by atoms with Gasteiger partial charge in [0, 0.05) is 36.3 Å². The van der Waals surface area contributed by atoms with Gasteiger partial charge in [0.2, 0.25) is 5.91 Å². The summed E-state index contributed by atoms with van der Waals surface area (Å²) in [7, 11) is 0. The molecule has 1 aliphatic carbocycles. The van der Waals surface area contributed by atoms with Crippen LogP contribution in [0.4, 0.5) is 16.0 Å². The van der Waals surface area contributed by atoms with Crippen molar-refractivity contribution in [3.63, 3.8) is 0 Å². The predicted molar refractivity (Wildman–Crippen MR) is 156 cm³/mol. The number of nitriles is 1. The number of terminal acetylenes is 1. The quantitative estimate of drug-likeness (QED) is 0.321. The van der Waals surface area contributed by atoms with Crippen LogP contribution in [0.2, 0.25) is 0 Å². The molecule has 0 radical (unpaired) electrons. The highest BCUT2D eigenvalue weighted by molar-refractivity contribution is 5.92. The Morgan fingerprint density at radius 3 is 2.79 bits per heavy atom. The van der Waals surface area contributed by atoms with Gasteiger partial charge in [-0.05, 0) is 80.7 Å². The van der Waals surface area contributed by atoms with Gasteiger partial charge in [-0.2, -0.15) is 10.4 Å². The molecule has 1 saturated heterocycles. The number of rotatable bonds is 6. The Morgan fingerprint density at radius 1 is 1.24 bits per heavy atom. The monoisotopic (exact) mass is 563 g/mol. The van der Waals surface area contributed by atoms with Gasteiger partial charge in [-0.15, -0.1) is 6.42 Å². The number of pyridine rings is 3. The van der Waals surface area contributed by atoms with Crippen LogP contribution in [0.25, 0.3) is 16.6 Å². The van der Waals surface area contributed by atoms with E-state index >= 15 is 0 Å². The molecule has 1 aliphatic heterocycles. The molecule has 0 bridgehead atoms. The zero-order valence-electron chi connectivity index (χ0n) is 23.3. The molecule has 1 spiro atoms. The molecular weight excluding hydrogens is 533 g/mol. The van der Waals surface area contributed by atoms with E-state index in [4.69, 9.17) is 16.1 Å². The van der Waals surface area contributed by atoms with Crippen molar-refractivity contribution in [3.8, 4) is 35.3 Å². The average Bonchev–Trinajstić information content (AvgIpc) is 3.63. The van der Waals surface area contributed by atoms with Crippen molar-refractivity contribution in [2.24, 2.45) is 11.3 Å². The molecule has 2 aliphatic rings. The third-order valence-electron chi connectivity index (χ3n) is 8.53. The number of fused-ring (bicyclic) bond motifs is 1. The van der Waals surface area contributed by atoms with Crippen molar-refractivity contribution in [1.29, 1.82) is 5.26 Å². The molecule has 1 amide bonds. The highest BCUT2D eigenvalue weighted by Gasteiger charge is 2.43. The van der Waals surface area contributed by atoms with E-state index in [9.17, 15) is 14.4 Å². The number of anilines is 2. The number of halogens is 1. The van der Waals surface area contributed by atoms with Crippen molar-refractivity contribution in [3.05, 3.63) is 66.0 Å². The molecule has 212 valence electrons. The predicted octanol–water partition coefficient (Wildman–Crippen LogP) is 5.21. The number of nitrogens with one attached hydrogen (secondary N) is 1. The highest BCUT2D eigenvalue weighted by atomic mass is 19.1. The molecule has 1 saturated carbocycles. The minimum atomic E-state index is -0.578. The van der Waals surface area contributed by atoms with Crippen molar-refractivity contribution in [1.82, 2.24) is 19.6 Å². The summed E-state index contributed by atoms with van der Waals surface area (Å²) >= 11 is 0. The number of aromatic nitrogens is 4. The zero-order chi connectivity index (χ0) is 29.3. The van der Waals surface area contributed by atoms with Crippen molar-refractivity contribution >= 4 is 23.1 Å². The van der Waals surface area contributed by atoms with Crippen LogP contribution in [0.15, 0.2) is 48.9 Å². The SMILES string of the molecule is C#Cc1nc(NC(=O)C2CCC3(CCN(c4ccc(-c5cc(OCC)cn6ncc(C#N)c56)cn4)CC3)C2)ccc1F. The fraction of sp³-hybridized carbons (Fsp3) is 0.344. The van der Waals surface area contributed by atoms with Gasteiger partial charge in [0.05, 0.1) is 30.1 Å². The molecule has 4 aromatic heterocycles. The summed E-state index contributed by atoms with van der Waals surface area (Å²) in [5.41, 5.74) is 2.96. The van der Waals surface area contributed by atoms with E-state index in [1.54, 1.807) is 16.9 Å². The lowest BCUT2D eigenvalue weighted by molar-refractivity contribution is -0.120. The van der Waals surface area contributed by atoms with Crippen molar-refractivity contribution in [2.75, 3.05) is 29.9 Å². The molecular formula is C32H30FN7O2. The number of carbonyl (C=O) groups is 1. The van der Waals surface area contributed by atoms with Gasteiger partial charge in [0.25, 0.3) is 0 Å². The molecule has 4 aromatic rings. The second-order valence-corrected chi connectivity index (χ2v) is 11.0. The first-order valence-corrected chi connectivity index (χ1v) is 14.1. The Hall–Kier alpha value is -4.96. The van der Waals surface area contributed by atoms with Crippen LogP contribution in [0.5, 0.6) is 5.75 Å². The summed E-state index contributed by atoms with van der Waals surface area (Å²) in [6.07, 6.45) is 15.1. The summed E-state index contributed by atoms with van der Waals surface area (Å²) in [5, 5.41) is 16.8. The zero-order valence-corrected chi connectivity index (χ0v) is 23.3. The lowest BCUT2D eigenvalue weighted by Gasteiger charge is -2.40. The van der Waals surface area contributed by atoms with E-state index < -0.39 is 5.82 Å². The Balaban J connectivity index is 1.11. The summed E-state index contributed by atoms with van der Waals surface area (Å²) in [5.74, 6) is 3.28. The highest BCUT2D eigenvalue weighted by Crippen LogP contribution is 2.49. The lowest BCUT2D eigenvalue weighted by atomic mass is 9.76. The van der Waals surface area contributed by atoms with Crippen LogP contribution < -0.4 is 15.0 Å². The van der Waals surface area contributed by atoms with Crippen LogP contribution in [-0.4, -0.2) is 45.2 Å². The number of ether oxygens (including phenoxy) is 1. The summed E-state index contributed by atoms with van der Waals surface area (Å²) < 4.78 is 21.1. The van der Waals surface area contributed by atoms with E-state index in [0.29, 0.717) is 17.9 Å². The van der Waals surface area contributed by atoms with Gasteiger partial charge in [-0.25, -0.2) is 18.9 Å². The van der Waals surface area contributed by atoms with Gasteiger partial charge >= 0.3 is 0 Å². The Morgan fingerprint density at radius 2 is 2.07 bits per heavy atom. The fourth-order valence-electron chi connectivity index (χ4n) is 6.31. The van der Waals surface area contributed by atoms with Gasteiger partial charge in [-0.3, -0.25) is 4.79 Å². The second-order valence-electron chi connectivity index (χ2n) is 11.0. The molecule has 5 heterocycles. The van der Waals surface area contributed by atoms with Gasteiger partial charge in [-0.1, -0.05) is 0 Å². The first-order valence-electron chi connectivity index (χ1n) is 14.1. The molecule has 9 nitrogen and oxygen atoms in total. The standard InChI is InChI=1S/C32H30FN7O2/c1-3-27-26(33)6-7-28(37-27)38-31(41)21-9-10-32(16-21)11-13-39(14-12-32)29-8-5-22(18-35-29)25-15-24(42-4-2)20-40-30(25)23(17-34)19-36-40/h1,5-8,15,18-21H,4,9-14,16H2,2H3,(H,37,38,41). The summed E-state index contributed by atoms with van der Waals surface area (Å²) in [6.45, 7) is 4.16. The maximum atomic E-state index is 13.7. The number of hydrogen-bond acceptors (Lipinski definition) is 7. The minimum Gasteiger partial charge on any atom is -0.492 e. The van der Waals surface area contributed by atoms with E-state index in [-0.39, 0.29) is 28.8 Å². The van der Waals surface area contributed by atoms with Crippen molar-refractivity contribution < 1.29 is 13.9 Å². The molecule has 2 fully saturated rings. The van der Waals surface area contributed by atoms with E-state index in [0.717, 1.165) is 67.7 Å². The molecule has 10 heteroatoms. The molecule has 1 N–H and O–H groups in total. The third-order valence-corrected chi connectivity index (χ3v) is 8.53. The van der Waals surface area contributed by atoms with E-state index in [1.807, 2.05) is 31.3 Å². The Labute approximate surface area is 243 Å². The fourth-order valence-corrected chi connectivity index (χ4v) is 6.31. The topological polar surface area (TPSA) is 108 Å². The molecule has 1 unspecified atom stereocenters. The van der Waals surface area contributed by atoms with Crippen LogP contribution >= 0.6 is 0 Å². The molecule has 1 atom stereocenters. The van der Waals surface area contributed by atoms with Gasteiger partial charge < -0.3 is 15.0 Å². The number of amides is 1. The smallest absolute Gasteiger partial charge is 0.228 e. The van der Waals surface area contributed by atoms with E-state index in [1.165, 1.54) is 12.1 Å². The minimum absolute atomic E-state index is 0.0890. The first kappa shape index (κ1) is 27.2. The maximum absolute atomic E-state index is 13.7. The van der Waals surface area contributed by atoms with Gasteiger partial charge in [0.1, 0.15) is 23.5 Å². The Bertz CT molecular complexity index is 1730. The van der Waals surface area contributed by atoms with Gasteiger partial charge in [0.15, 0.2) is 11.5 Å². The van der Waals surface area contributed by atoms with E-state index in [2.05, 4.69) is 32.3 Å². The maximum Gasteiger partial charge on any atom is 0.228 e. The number of hydrogen-bond donors (Lipinski definition) is 1. The van der Waals surface area contributed by atoms with Crippen molar-refractivity contribution in [2.45, 2.75) is 39.0 Å². The number of piperidine rings is 1. The normalized spacial score (nSPS) is 17.6. The number of nitrogens with zero attached hydrogens (tertiary/aromatic N) is 6. The average molecular weight is 564 g/mol. The first-order chi connectivity index (χ1) is 20.4. The molecule has 6 rings (SSSR count). The third kappa shape index (κ3) is 5.12. The summed E-state index contributed by atoms with van der Waals surface area (Å²) in [4.78, 5) is 24.1. The number of carbonyl (C=O) groups excluding carboxylic acids is 1. The van der Waals surface area contributed by atoms with Crippen LogP contribution in [-0.2, 0) is 4.79 Å². The largest absolute Gasteiger partial charge is 0.492 e.